The first kappa shape index (κ1) is 14.8. The van der Waals surface area contributed by atoms with E-state index in [-0.39, 0.29) is 5.91 Å². The van der Waals surface area contributed by atoms with E-state index >= 15 is 0 Å². The van der Waals surface area contributed by atoms with E-state index in [0.29, 0.717) is 22.9 Å². The molecule has 0 fully saturated rings. The van der Waals surface area contributed by atoms with Crippen LogP contribution in [0.15, 0.2) is 48.5 Å². The lowest BCUT2D eigenvalue weighted by Gasteiger charge is -2.08. The fourth-order valence-electron chi connectivity index (χ4n) is 1.67. The minimum atomic E-state index is -0.0695. The maximum Gasteiger partial charge on any atom is 0.234 e. The predicted molar refractivity (Wildman–Crippen MR) is 87.1 cm³/mol. The highest BCUT2D eigenvalue weighted by molar-refractivity contribution is 7.99. The number of carbonyl (C=O) groups excluding carboxylic acids is 1. The quantitative estimate of drug-likeness (QED) is 0.826. The summed E-state index contributed by atoms with van der Waals surface area (Å²) >= 11 is 7.58. The van der Waals surface area contributed by atoms with Crippen LogP contribution >= 0.6 is 23.4 Å². The lowest BCUT2D eigenvalue weighted by atomic mass is 10.2. The number of anilines is 2. The summed E-state index contributed by atoms with van der Waals surface area (Å²) < 4.78 is 0. The van der Waals surface area contributed by atoms with Gasteiger partial charge in [0.25, 0.3) is 0 Å². The summed E-state index contributed by atoms with van der Waals surface area (Å²) in [7, 11) is 0. The minimum absolute atomic E-state index is 0.0695. The van der Waals surface area contributed by atoms with E-state index in [4.69, 9.17) is 17.3 Å². The molecule has 2 aromatic rings. The molecule has 0 saturated carbocycles. The normalized spacial score (nSPS) is 10.2. The van der Waals surface area contributed by atoms with E-state index in [9.17, 15) is 4.79 Å². The van der Waals surface area contributed by atoms with Gasteiger partial charge >= 0.3 is 0 Å². The van der Waals surface area contributed by atoms with E-state index in [1.165, 1.54) is 11.8 Å². The van der Waals surface area contributed by atoms with Crippen molar-refractivity contribution < 1.29 is 4.79 Å². The Kier molecular flexibility index (Phi) is 5.32. The Balaban J connectivity index is 1.82. The number of amides is 1. The van der Waals surface area contributed by atoms with Crippen LogP contribution in [0.5, 0.6) is 0 Å². The van der Waals surface area contributed by atoms with Gasteiger partial charge in [0.15, 0.2) is 0 Å². The second kappa shape index (κ2) is 7.22. The topological polar surface area (TPSA) is 55.1 Å². The van der Waals surface area contributed by atoms with Gasteiger partial charge in [-0.25, -0.2) is 0 Å². The molecule has 0 aromatic heterocycles. The number of para-hydroxylation sites is 2. The lowest BCUT2D eigenvalue weighted by molar-refractivity contribution is -0.113. The van der Waals surface area contributed by atoms with Gasteiger partial charge < -0.3 is 11.1 Å². The van der Waals surface area contributed by atoms with Crippen molar-refractivity contribution in [2.45, 2.75) is 5.75 Å². The average molecular weight is 307 g/mol. The third-order valence-corrected chi connectivity index (χ3v) is 4.03. The van der Waals surface area contributed by atoms with Crippen LogP contribution in [0.1, 0.15) is 5.56 Å². The van der Waals surface area contributed by atoms with Crippen molar-refractivity contribution in [1.82, 2.24) is 0 Å². The number of benzene rings is 2. The van der Waals surface area contributed by atoms with Gasteiger partial charge in [0.2, 0.25) is 5.91 Å². The average Bonchev–Trinajstić information content (AvgIpc) is 2.43. The molecule has 0 spiro atoms. The first-order valence-electron chi connectivity index (χ1n) is 6.12. The van der Waals surface area contributed by atoms with Crippen molar-refractivity contribution in [3.8, 4) is 0 Å². The van der Waals surface area contributed by atoms with Crippen LogP contribution in [0.25, 0.3) is 0 Å². The van der Waals surface area contributed by atoms with Gasteiger partial charge in [-0.05, 0) is 23.8 Å². The smallest absolute Gasteiger partial charge is 0.234 e. The van der Waals surface area contributed by atoms with Crippen molar-refractivity contribution in [3.05, 3.63) is 59.1 Å². The molecule has 0 atom stereocenters. The van der Waals surface area contributed by atoms with Gasteiger partial charge in [0, 0.05) is 10.8 Å². The first-order chi connectivity index (χ1) is 9.66. The largest absolute Gasteiger partial charge is 0.397 e. The standard InChI is InChI=1S/C15H15ClN2OS/c16-12-6-2-1-5-11(12)9-20-10-15(19)18-14-8-4-3-7-13(14)17/h1-8H,9-10,17H2,(H,18,19). The third kappa shape index (κ3) is 4.18. The van der Waals surface area contributed by atoms with Crippen LogP contribution < -0.4 is 11.1 Å². The van der Waals surface area contributed by atoms with Crippen molar-refractivity contribution in [2.75, 3.05) is 16.8 Å². The molecule has 1 amide bonds. The van der Waals surface area contributed by atoms with E-state index in [1.807, 2.05) is 36.4 Å². The Morgan fingerprint density at radius 3 is 2.60 bits per heavy atom. The van der Waals surface area contributed by atoms with Gasteiger partial charge in [-0.15, -0.1) is 11.8 Å². The van der Waals surface area contributed by atoms with Gasteiger partial charge in [0.05, 0.1) is 17.1 Å². The third-order valence-electron chi connectivity index (χ3n) is 2.68. The monoisotopic (exact) mass is 306 g/mol. The van der Waals surface area contributed by atoms with Crippen LogP contribution in [-0.2, 0) is 10.5 Å². The molecular weight excluding hydrogens is 292 g/mol. The van der Waals surface area contributed by atoms with Crippen molar-refractivity contribution in [3.63, 3.8) is 0 Å². The number of hydrogen-bond acceptors (Lipinski definition) is 3. The number of halogens is 1. The zero-order valence-corrected chi connectivity index (χ0v) is 12.4. The second-order valence-corrected chi connectivity index (χ2v) is 5.61. The van der Waals surface area contributed by atoms with E-state index < -0.39 is 0 Å². The maximum atomic E-state index is 11.8. The number of nitrogens with one attached hydrogen (secondary N) is 1. The Morgan fingerprint density at radius 1 is 1.15 bits per heavy atom. The second-order valence-electron chi connectivity index (χ2n) is 4.22. The molecule has 3 nitrogen and oxygen atoms in total. The molecule has 2 rings (SSSR count). The van der Waals surface area contributed by atoms with E-state index in [0.717, 1.165) is 10.6 Å². The Labute approximate surface area is 127 Å². The first-order valence-corrected chi connectivity index (χ1v) is 7.65. The maximum absolute atomic E-state index is 11.8. The molecule has 104 valence electrons. The molecular formula is C15H15ClN2OS. The van der Waals surface area contributed by atoms with Crippen LogP contribution in [0.2, 0.25) is 5.02 Å². The van der Waals surface area contributed by atoms with Crippen molar-refractivity contribution in [1.29, 1.82) is 0 Å². The van der Waals surface area contributed by atoms with Crippen LogP contribution in [0, 0.1) is 0 Å². The van der Waals surface area contributed by atoms with E-state index in [1.54, 1.807) is 12.1 Å². The van der Waals surface area contributed by atoms with Gasteiger partial charge in [-0.1, -0.05) is 41.9 Å². The highest BCUT2D eigenvalue weighted by Gasteiger charge is 2.06. The molecule has 3 N–H and O–H groups in total. The predicted octanol–water partition coefficient (Wildman–Crippen LogP) is 3.79. The number of rotatable bonds is 5. The molecule has 0 bridgehead atoms. The van der Waals surface area contributed by atoms with Crippen LogP contribution in [-0.4, -0.2) is 11.7 Å². The molecule has 0 radical (unpaired) electrons. The molecule has 5 heteroatoms. The Morgan fingerprint density at radius 2 is 1.85 bits per heavy atom. The van der Waals surface area contributed by atoms with Crippen molar-refractivity contribution in [2.24, 2.45) is 0 Å². The molecule has 0 heterocycles. The summed E-state index contributed by atoms with van der Waals surface area (Å²) in [6, 6.07) is 14.8. The molecule has 20 heavy (non-hydrogen) atoms. The van der Waals surface area contributed by atoms with Crippen LogP contribution in [0.3, 0.4) is 0 Å². The molecule has 2 aromatic carbocycles. The molecule has 0 aliphatic carbocycles. The highest BCUT2D eigenvalue weighted by atomic mass is 35.5. The van der Waals surface area contributed by atoms with Gasteiger partial charge in [0.1, 0.15) is 0 Å². The van der Waals surface area contributed by atoms with Gasteiger partial charge in [-0.2, -0.15) is 0 Å². The number of carbonyl (C=O) groups is 1. The molecule has 0 aliphatic heterocycles. The summed E-state index contributed by atoms with van der Waals surface area (Å²) in [4.78, 5) is 11.8. The summed E-state index contributed by atoms with van der Waals surface area (Å²) in [5, 5.41) is 3.52. The Hall–Kier alpha value is -1.65. The highest BCUT2D eigenvalue weighted by Crippen LogP contribution is 2.21. The lowest BCUT2D eigenvalue weighted by Crippen LogP contribution is -2.15. The molecule has 0 unspecified atom stereocenters. The zero-order valence-electron chi connectivity index (χ0n) is 10.8. The SMILES string of the molecule is Nc1ccccc1NC(=O)CSCc1ccccc1Cl. The summed E-state index contributed by atoms with van der Waals surface area (Å²) in [5.74, 6) is 0.997. The van der Waals surface area contributed by atoms with Gasteiger partial charge in [-0.3, -0.25) is 4.79 Å². The fourth-order valence-corrected chi connectivity index (χ4v) is 2.78. The minimum Gasteiger partial charge on any atom is -0.397 e. The molecule has 0 saturated heterocycles. The Bertz CT molecular complexity index is 604. The number of thioether (sulfide) groups is 1. The summed E-state index contributed by atoms with van der Waals surface area (Å²) in [5.41, 5.74) is 8.02. The van der Waals surface area contributed by atoms with Crippen molar-refractivity contribution >= 4 is 40.6 Å². The zero-order chi connectivity index (χ0) is 14.4. The summed E-state index contributed by atoms with van der Waals surface area (Å²) in [6.07, 6.45) is 0. The van der Waals surface area contributed by atoms with E-state index in [2.05, 4.69) is 5.32 Å². The number of nitrogens with two attached hydrogens (primary N) is 1. The summed E-state index contributed by atoms with van der Waals surface area (Å²) in [6.45, 7) is 0. The van der Waals surface area contributed by atoms with Crippen LogP contribution in [0.4, 0.5) is 11.4 Å². The fraction of sp³-hybridized carbons (Fsp3) is 0.133. The molecule has 0 aliphatic rings. The number of nitrogen functional groups attached to an aromatic ring is 1. The number of hydrogen-bond donors (Lipinski definition) is 2.